The zero-order chi connectivity index (χ0) is 15.9. The van der Waals surface area contributed by atoms with E-state index in [0.717, 1.165) is 18.2 Å². The summed E-state index contributed by atoms with van der Waals surface area (Å²) in [6.45, 7) is 0. The molecule has 0 aliphatic rings. The van der Waals surface area contributed by atoms with Gasteiger partial charge in [0, 0.05) is 5.56 Å². The predicted molar refractivity (Wildman–Crippen MR) is 77.8 cm³/mol. The van der Waals surface area contributed by atoms with Crippen LogP contribution in [0.1, 0.15) is 5.56 Å². The molecule has 0 saturated carbocycles. The Bertz CT molecular complexity index is 919. The highest BCUT2D eigenvalue weighted by Gasteiger charge is 2.31. The first-order chi connectivity index (χ1) is 10.4. The number of para-hydroxylation sites is 1. The van der Waals surface area contributed by atoms with Crippen LogP contribution in [-0.2, 0) is 6.18 Å². The van der Waals surface area contributed by atoms with Crippen molar-refractivity contribution in [2.24, 2.45) is 0 Å². The Morgan fingerprint density at radius 3 is 2.55 bits per heavy atom. The number of alkyl halides is 3. The third-order valence-electron chi connectivity index (χ3n) is 3.16. The van der Waals surface area contributed by atoms with Crippen molar-refractivity contribution in [1.82, 2.24) is 9.97 Å². The van der Waals surface area contributed by atoms with Gasteiger partial charge < -0.3 is 4.98 Å². The smallest absolute Gasteiger partial charge is 0.306 e. The number of aromatic amines is 1. The standard InChI is InChI=1S/C15H8ClF3N2O/c16-11-6-5-8(15(17,18)19)7-10(11)13-20-12-4-2-1-3-9(12)14(22)21-13/h1-7H,(H,20,21,22). The molecule has 3 nitrogen and oxygen atoms in total. The number of fused-ring (bicyclic) bond motifs is 1. The van der Waals surface area contributed by atoms with Crippen LogP contribution < -0.4 is 5.56 Å². The molecule has 7 heteroatoms. The molecule has 1 aromatic heterocycles. The van der Waals surface area contributed by atoms with Crippen LogP contribution in [-0.4, -0.2) is 9.97 Å². The van der Waals surface area contributed by atoms with Gasteiger partial charge in [0.25, 0.3) is 5.56 Å². The van der Waals surface area contributed by atoms with Gasteiger partial charge in [0.2, 0.25) is 0 Å². The summed E-state index contributed by atoms with van der Waals surface area (Å²) in [4.78, 5) is 18.7. The van der Waals surface area contributed by atoms with Crippen molar-refractivity contribution in [3.05, 3.63) is 63.4 Å². The van der Waals surface area contributed by atoms with Crippen LogP contribution in [0.25, 0.3) is 22.3 Å². The van der Waals surface area contributed by atoms with Gasteiger partial charge >= 0.3 is 6.18 Å². The number of benzene rings is 2. The molecule has 0 aliphatic carbocycles. The van der Waals surface area contributed by atoms with Gasteiger partial charge in [0.1, 0.15) is 5.82 Å². The SMILES string of the molecule is O=c1[nH]c(-c2cc(C(F)(F)F)ccc2Cl)nc2ccccc12. The van der Waals surface area contributed by atoms with E-state index >= 15 is 0 Å². The molecule has 0 amide bonds. The minimum Gasteiger partial charge on any atom is -0.306 e. The van der Waals surface area contributed by atoms with Crippen molar-refractivity contribution >= 4 is 22.5 Å². The third kappa shape index (κ3) is 2.57. The molecule has 3 aromatic rings. The Labute approximate surface area is 127 Å². The van der Waals surface area contributed by atoms with E-state index < -0.39 is 17.3 Å². The quantitative estimate of drug-likeness (QED) is 0.727. The minimum absolute atomic E-state index is 0.000185. The Morgan fingerprint density at radius 1 is 1.09 bits per heavy atom. The largest absolute Gasteiger partial charge is 0.416 e. The van der Waals surface area contributed by atoms with Gasteiger partial charge in [-0.2, -0.15) is 13.2 Å². The fourth-order valence-electron chi connectivity index (χ4n) is 2.10. The second-order valence-electron chi connectivity index (χ2n) is 4.62. The van der Waals surface area contributed by atoms with Gasteiger partial charge in [0.15, 0.2) is 0 Å². The average Bonchev–Trinajstić information content (AvgIpc) is 2.46. The summed E-state index contributed by atoms with van der Waals surface area (Å²) in [7, 11) is 0. The number of hydrogen-bond donors (Lipinski definition) is 1. The summed E-state index contributed by atoms with van der Waals surface area (Å²) >= 11 is 5.95. The van der Waals surface area contributed by atoms with Crippen LogP contribution in [0.4, 0.5) is 13.2 Å². The lowest BCUT2D eigenvalue weighted by Gasteiger charge is -2.10. The van der Waals surface area contributed by atoms with Crippen molar-refractivity contribution < 1.29 is 13.2 Å². The Morgan fingerprint density at radius 2 is 1.82 bits per heavy atom. The average molecular weight is 325 g/mol. The first-order valence-corrected chi connectivity index (χ1v) is 6.60. The van der Waals surface area contributed by atoms with Crippen LogP contribution in [0.2, 0.25) is 5.02 Å². The molecule has 0 aliphatic heterocycles. The van der Waals surface area contributed by atoms with Crippen molar-refractivity contribution in [1.29, 1.82) is 0 Å². The van der Waals surface area contributed by atoms with Gasteiger partial charge in [-0.3, -0.25) is 4.79 Å². The number of halogens is 4. The van der Waals surface area contributed by atoms with Crippen molar-refractivity contribution in [2.45, 2.75) is 6.18 Å². The second kappa shape index (κ2) is 5.14. The first kappa shape index (κ1) is 14.6. The number of nitrogens with one attached hydrogen (secondary N) is 1. The lowest BCUT2D eigenvalue weighted by Crippen LogP contribution is -2.10. The molecule has 0 spiro atoms. The summed E-state index contributed by atoms with van der Waals surface area (Å²) in [5, 5.41) is 0.431. The van der Waals surface area contributed by atoms with Crippen LogP contribution in [0.5, 0.6) is 0 Å². The fourth-order valence-corrected chi connectivity index (χ4v) is 2.30. The van der Waals surface area contributed by atoms with Crippen LogP contribution in [0, 0.1) is 0 Å². The molecule has 0 bridgehead atoms. The molecule has 0 atom stereocenters. The van der Waals surface area contributed by atoms with E-state index in [2.05, 4.69) is 9.97 Å². The molecule has 22 heavy (non-hydrogen) atoms. The Hall–Kier alpha value is -2.34. The summed E-state index contributed by atoms with van der Waals surface area (Å²) in [5.41, 5.74) is -0.883. The zero-order valence-electron chi connectivity index (χ0n) is 10.9. The molecule has 0 unspecified atom stereocenters. The maximum atomic E-state index is 12.8. The molecule has 1 N–H and O–H groups in total. The van der Waals surface area contributed by atoms with E-state index in [4.69, 9.17) is 11.6 Å². The Kier molecular flexibility index (Phi) is 3.41. The first-order valence-electron chi connectivity index (χ1n) is 6.22. The van der Waals surface area contributed by atoms with Crippen molar-refractivity contribution in [3.63, 3.8) is 0 Å². The topological polar surface area (TPSA) is 45.8 Å². The predicted octanol–water partition coefficient (Wildman–Crippen LogP) is 4.26. The fraction of sp³-hybridized carbons (Fsp3) is 0.0667. The second-order valence-corrected chi connectivity index (χ2v) is 5.03. The number of hydrogen-bond acceptors (Lipinski definition) is 2. The molecular formula is C15H8ClF3N2O. The summed E-state index contributed by atoms with van der Waals surface area (Å²) in [6.07, 6.45) is -4.50. The summed E-state index contributed by atoms with van der Waals surface area (Å²) < 4.78 is 38.4. The van der Waals surface area contributed by atoms with E-state index in [1.54, 1.807) is 24.3 Å². The molecule has 1 heterocycles. The lowest BCUT2D eigenvalue weighted by atomic mass is 10.1. The van der Waals surface area contributed by atoms with Crippen molar-refractivity contribution in [3.8, 4) is 11.4 Å². The normalized spacial score (nSPS) is 11.8. The number of rotatable bonds is 1. The summed E-state index contributed by atoms with van der Waals surface area (Å²) in [6, 6.07) is 9.44. The molecule has 0 radical (unpaired) electrons. The number of aromatic nitrogens is 2. The highest BCUT2D eigenvalue weighted by Crippen LogP contribution is 2.34. The Balaban J connectivity index is 2.25. The van der Waals surface area contributed by atoms with E-state index in [0.29, 0.717) is 10.9 Å². The van der Waals surface area contributed by atoms with Gasteiger partial charge in [-0.05, 0) is 30.3 Å². The van der Waals surface area contributed by atoms with Gasteiger partial charge in [-0.15, -0.1) is 0 Å². The molecule has 0 fully saturated rings. The summed E-state index contributed by atoms with van der Waals surface area (Å²) in [5.74, 6) is -0.000185. The maximum absolute atomic E-state index is 12.8. The molecule has 112 valence electrons. The van der Waals surface area contributed by atoms with E-state index in [1.807, 2.05) is 0 Å². The van der Waals surface area contributed by atoms with Gasteiger partial charge in [-0.1, -0.05) is 23.7 Å². The minimum atomic E-state index is -4.50. The zero-order valence-corrected chi connectivity index (χ0v) is 11.7. The van der Waals surface area contributed by atoms with E-state index in [-0.39, 0.29) is 16.4 Å². The molecule has 0 saturated heterocycles. The van der Waals surface area contributed by atoms with Crippen LogP contribution in [0.3, 0.4) is 0 Å². The van der Waals surface area contributed by atoms with Gasteiger partial charge in [-0.25, -0.2) is 4.98 Å². The highest BCUT2D eigenvalue weighted by atomic mass is 35.5. The number of H-pyrrole nitrogens is 1. The highest BCUT2D eigenvalue weighted by molar-refractivity contribution is 6.33. The maximum Gasteiger partial charge on any atom is 0.416 e. The monoisotopic (exact) mass is 324 g/mol. The molecular weight excluding hydrogens is 317 g/mol. The van der Waals surface area contributed by atoms with E-state index in [9.17, 15) is 18.0 Å². The third-order valence-corrected chi connectivity index (χ3v) is 3.49. The molecule has 3 rings (SSSR count). The van der Waals surface area contributed by atoms with Gasteiger partial charge in [0.05, 0.1) is 21.5 Å². The lowest BCUT2D eigenvalue weighted by molar-refractivity contribution is -0.137. The molecule has 2 aromatic carbocycles. The van der Waals surface area contributed by atoms with Crippen LogP contribution in [0.15, 0.2) is 47.3 Å². The van der Waals surface area contributed by atoms with E-state index in [1.165, 1.54) is 0 Å². The number of nitrogens with zero attached hydrogens (tertiary/aromatic N) is 1. The van der Waals surface area contributed by atoms with Crippen LogP contribution >= 0.6 is 11.6 Å². The van der Waals surface area contributed by atoms with Crippen molar-refractivity contribution in [2.75, 3.05) is 0 Å².